The van der Waals surface area contributed by atoms with Crippen molar-refractivity contribution < 1.29 is 18.0 Å². The molecule has 0 fully saturated rings. The van der Waals surface area contributed by atoms with Crippen LogP contribution in [-0.4, -0.2) is 50.5 Å². The summed E-state index contributed by atoms with van der Waals surface area (Å²) < 4.78 is 26.5. The molecule has 34 heavy (non-hydrogen) atoms. The number of nitrogens with one attached hydrogen (secondary N) is 1. The molecule has 0 aliphatic rings. The number of sulfonamides is 1. The number of benzene rings is 2. The van der Waals surface area contributed by atoms with Crippen molar-refractivity contribution in [3.63, 3.8) is 0 Å². The predicted molar refractivity (Wildman–Crippen MR) is 137 cm³/mol. The van der Waals surface area contributed by atoms with Gasteiger partial charge in [-0.05, 0) is 55.5 Å². The van der Waals surface area contributed by atoms with Gasteiger partial charge in [-0.15, -0.1) is 0 Å². The molecule has 2 rings (SSSR count). The highest BCUT2D eigenvalue weighted by Gasteiger charge is 2.31. The van der Waals surface area contributed by atoms with Crippen LogP contribution in [0.25, 0.3) is 0 Å². The van der Waals surface area contributed by atoms with E-state index >= 15 is 0 Å². The molecule has 0 aliphatic heterocycles. The third-order valence-electron chi connectivity index (χ3n) is 5.58. The average molecular weight is 488 g/mol. The standard InChI is InChI=1S/C26H37N3O4S/c1-6-8-14-27-26(31)24(7-2)28(18-22-12-10-9-11-13-22)25(30)19-29(34(5,32)33)23-16-20(3)15-21(4)17-23/h9-13,15-17,24H,6-8,14,18-19H2,1-5H3,(H,27,31)/t24-/m1/s1. The maximum atomic E-state index is 13.6. The first-order valence-corrected chi connectivity index (χ1v) is 13.6. The molecule has 186 valence electrons. The van der Waals surface area contributed by atoms with Gasteiger partial charge in [0.1, 0.15) is 12.6 Å². The van der Waals surface area contributed by atoms with E-state index in [0.717, 1.165) is 40.1 Å². The zero-order chi connectivity index (χ0) is 25.3. The van der Waals surface area contributed by atoms with Gasteiger partial charge in [0.05, 0.1) is 11.9 Å². The van der Waals surface area contributed by atoms with E-state index in [1.54, 1.807) is 12.1 Å². The first-order chi connectivity index (χ1) is 16.1. The van der Waals surface area contributed by atoms with Gasteiger partial charge in [-0.1, -0.05) is 56.7 Å². The number of carbonyl (C=O) groups is 2. The second-order valence-electron chi connectivity index (χ2n) is 8.69. The molecule has 0 spiro atoms. The van der Waals surface area contributed by atoms with Gasteiger partial charge in [-0.25, -0.2) is 8.42 Å². The Bertz CT molecular complexity index is 1050. The zero-order valence-corrected chi connectivity index (χ0v) is 21.7. The number of unbranched alkanes of at least 4 members (excludes halogenated alkanes) is 1. The second kappa shape index (κ2) is 12.6. The number of carbonyl (C=O) groups excluding carboxylic acids is 2. The zero-order valence-electron chi connectivity index (χ0n) is 20.9. The molecular weight excluding hydrogens is 450 g/mol. The molecule has 1 atom stereocenters. The maximum absolute atomic E-state index is 13.6. The Morgan fingerprint density at radius 2 is 1.62 bits per heavy atom. The smallest absolute Gasteiger partial charge is 0.244 e. The molecule has 2 amide bonds. The fourth-order valence-corrected chi connectivity index (χ4v) is 4.75. The van der Waals surface area contributed by atoms with Crippen molar-refractivity contribution >= 4 is 27.5 Å². The van der Waals surface area contributed by atoms with Crippen LogP contribution in [0.5, 0.6) is 0 Å². The Morgan fingerprint density at radius 1 is 1.00 bits per heavy atom. The number of hydrogen-bond donors (Lipinski definition) is 1. The van der Waals surface area contributed by atoms with Crippen LogP contribution in [0.4, 0.5) is 5.69 Å². The van der Waals surface area contributed by atoms with Crippen molar-refractivity contribution in [1.29, 1.82) is 0 Å². The molecule has 2 aromatic rings. The van der Waals surface area contributed by atoms with Crippen molar-refractivity contribution in [2.45, 2.75) is 59.5 Å². The first-order valence-electron chi connectivity index (χ1n) is 11.7. The Labute approximate surface area is 204 Å². The van der Waals surface area contributed by atoms with E-state index in [4.69, 9.17) is 0 Å². The lowest BCUT2D eigenvalue weighted by Gasteiger charge is -2.33. The monoisotopic (exact) mass is 487 g/mol. The summed E-state index contributed by atoms with van der Waals surface area (Å²) in [5.74, 6) is -0.650. The largest absolute Gasteiger partial charge is 0.354 e. The molecule has 2 aromatic carbocycles. The van der Waals surface area contributed by atoms with E-state index in [1.165, 1.54) is 4.90 Å². The van der Waals surface area contributed by atoms with Gasteiger partial charge >= 0.3 is 0 Å². The van der Waals surface area contributed by atoms with Gasteiger partial charge in [0, 0.05) is 13.1 Å². The molecule has 0 aromatic heterocycles. The molecule has 0 saturated carbocycles. The summed E-state index contributed by atoms with van der Waals surface area (Å²) in [4.78, 5) is 28.1. The molecule has 0 radical (unpaired) electrons. The van der Waals surface area contributed by atoms with Crippen LogP contribution in [0.15, 0.2) is 48.5 Å². The Morgan fingerprint density at radius 3 is 2.15 bits per heavy atom. The summed E-state index contributed by atoms with van der Waals surface area (Å²) in [5.41, 5.74) is 3.11. The van der Waals surface area contributed by atoms with Crippen LogP contribution in [-0.2, 0) is 26.2 Å². The molecule has 0 aliphatic carbocycles. The van der Waals surface area contributed by atoms with E-state index < -0.39 is 22.0 Å². The summed E-state index contributed by atoms with van der Waals surface area (Å²) in [7, 11) is -3.74. The fraction of sp³-hybridized carbons (Fsp3) is 0.462. The van der Waals surface area contributed by atoms with Crippen LogP contribution in [0.2, 0.25) is 0 Å². The minimum absolute atomic E-state index is 0.212. The summed E-state index contributed by atoms with van der Waals surface area (Å²) in [6, 6.07) is 14.1. The number of nitrogens with zero attached hydrogens (tertiary/aromatic N) is 2. The highest BCUT2D eigenvalue weighted by molar-refractivity contribution is 7.92. The van der Waals surface area contributed by atoms with Crippen LogP contribution >= 0.6 is 0 Å². The maximum Gasteiger partial charge on any atom is 0.244 e. The van der Waals surface area contributed by atoms with E-state index in [0.29, 0.717) is 18.7 Å². The van der Waals surface area contributed by atoms with E-state index in [-0.39, 0.29) is 19.0 Å². The Hall–Kier alpha value is -2.87. The Kier molecular flexibility index (Phi) is 10.1. The Balaban J connectivity index is 2.40. The van der Waals surface area contributed by atoms with E-state index in [2.05, 4.69) is 5.32 Å². The molecule has 7 nitrogen and oxygen atoms in total. The molecular formula is C26H37N3O4S. The quantitative estimate of drug-likeness (QED) is 0.462. The summed E-state index contributed by atoms with van der Waals surface area (Å²) >= 11 is 0. The van der Waals surface area contributed by atoms with Crippen molar-refractivity contribution in [2.24, 2.45) is 0 Å². The lowest BCUT2D eigenvalue weighted by molar-refractivity contribution is -0.140. The second-order valence-corrected chi connectivity index (χ2v) is 10.6. The topological polar surface area (TPSA) is 86.8 Å². The SMILES string of the molecule is CCCCNC(=O)[C@@H](CC)N(Cc1ccccc1)C(=O)CN(c1cc(C)cc(C)c1)S(C)(=O)=O. The molecule has 8 heteroatoms. The normalized spacial score (nSPS) is 12.1. The number of anilines is 1. The number of rotatable bonds is 12. The van der Waals surface area contributed by atoms with Crippen LogP contribution in [0, 0.1) is 13.8 Å². The predicted octanol–water partition coefficient (Wildman–Crippen LogP) is 3.79. The molecule has 0 bridgehead atoms. The van der Waals surface area contributed by atoms with Crippen LogP contribution < -0.4 is 9.62 Å². The molecule has 0 heterocycles. The fourth-order valence-electron chi connectivity index (χ4n) is 3.91. The summed E-state index contributed by atoms with van der Waals surface area (Å²) in [6.45, 7) is 8.03. The lowest BCUT2D eigenvalue weighted by atomic mass is 10.1. The van der Waals surface area contributed by atoms with Gasteiger partial charge in [0.2, 0.25) is 21.8 Å². The van der Waals surface area contributed by atoms with E-state index in [1.807, 2.05) is 64.1 Å². The van der Waals surface area contributed by atoms with Crippen molar-refractivity contribution in [1.82, 2.24) is 10.2 Å². The van der Waals surface area contributed by atoms with Gasteiger partial charge in [-0.3, -0.25) is 13.9 Å². The van der Waals surface area contributed by atoms with Gasteiger partial charge in [0.15, 0.2) is 0 Å². The molecule has 1 N–H and O–H groups in total. The van der Waals surface area contributed by atoms with Crippen LogP contribution in [0.1, 0.15) is 49.8 Å². The van der Waals surface area contributed by atoms with Gasteiger partial charge in [-0.2, -0.15) is 0 Å². The van der Waals surface area contributed by atoms with E-state index in [9.17, 15) is 18.0 Å². The van der Waals surface area contributed by atoms with Crippen molar-refractivity contribution in [2.75, 3.05) is 23.7 Å². The summed E-state index contributed by atoms with van der Waals surface area (Å²) in [6.07, 6.45) is 3.31. The average Bonchev–Trinajstić information content (AvgIpc) is 2.76. The highest BCUT2D eigenvalue weighted by atomic mass is 32.2. The minimum atomic E-state index is -3.74. The number of aryl methyl sites for hydroxylation is 2. The minimum Gasteiger partial charge on any atom is -0.354 e. The first kappa shape index (κ1) is 27.4. The number of amides is 2. The van der Waals surface area contributed by atoms with Gasteiger partial charge in [0.25, 0.3) is 0 Å². The van der Waals surface area contributed by atoms with Crippen molar-refractivity contribution in [3.05, 3.63) is 65.2 Å². The summed E-state index contributed by atoms with van der Waals surface area (Å²) in [5, 5.41) is 2.92. The highest BCUT2D eigenvalue weighted by Crippen LogP contribution is 2.22. The lowest BCUT2D eigenvalue weighted by Crippen LogP contribution is -2.52. The van der Waals surface area contributed by atoms with Gasteiger partial charge < -0.3 is 10.2 Å². The molecule has 0 unspecified atom stereocenters. The molecule has 0 saturated heterocycles. The number of hydrogen-bond acceptors (Lipinski definition) is 4. The third-order valence-corrected chi connectivity index (χ3v) is 6.73. The third kappa shape index (κ3) is 7.87. The van der Waals surface area contributed by atoms with Crippen LogP contribution in [0.3, 0.4) is 0 Å². The van der Waals surface area contributed by atoms with Crippen molar-refractivity contribution in [3.8, 4) is 0 Å².